The molecule has 0 unspecified atom stereocenters. The van der Waals surface area contributed by atoms with Gasteiger partial charge >= 0.3 is 0 Å². The summed E-state index contributed by atoms with van der Waals surface area (Å²) in [5.74, 6) is -2.09. The molecule has 0 radical (unpaired) electrons. The average Bonchev–Trinajstić information content (AvgIpc) is 2.42. The molecule has 2 aromatic rings. The summed E-state index contributed by atoms with van der Waals surface area (Å²) in [6.07, 6.45) is 1.51. The molecule has 0 aliphatic carbocycles. The molecule has 0 bridgehead atoms. The van der Waals surface area contributed by atoms with Crippen molar-refractivity contribution in [2.24, 2.45) is 0 Å². The third-order valence-electron chi connectivity index (χ3n) is 2.58. The van der Waals surface area contributed by atoms with Gasteiger partial charge in [0.05, 0.1) is 16.3 Å². The minimum Gasteiger partial charge on any atom is -0.372 e. The fourth-order valence-electron chi connectivity index (χ4n) is 1.65. The van der Waals surface area contributed by atoms with Crippen molar-refractivity contribution in [1.29, 1.82) is 0 Å². The minimum atomic E-state index is -0.956. The van der Waals surface area contributed by atoms with E-state index >= 15 is 0 Å². The third kappa shape index (κ3) is 3.48. The first kappa shape index (κ1) is 15.7. The van der Waals surface area contributed by atoms with E-state index in [-0.39, 0.29) is 16.3 Å². The van der Waals surface area contributed by atoms with Crippen LogP contribution in [0.5, 0.6) is 0 Å². The van der Waals surface area contributed by atoms with Crippen LogP contribution >= 0.6 is 27.5 Å². The summed E-state index contributed by atoms with van der Waals surface area (Å²) in [5, 5.41) is 4.83. The normalized spacial score (nSPS) is 10.3. The van der Waals surface area contributed by atoms with Gasteiger partial charge in [0.2, 0.25) is 0 Å². The molecule has 1 heterocycles. The summed E-state index contributed by atoms with van der Waals surface area (Å²) >= 11 is 8.93. The maximum Gasteiger partial charge on any atom is 0.259 e. The topological polar surface area (TPSA) is 54.0 Å². The fraction of sp³-hybridized carbons (Fsp3) is 0.0769. The lowest BCUT2D eigenvalue weighted by Crippen LogP contribution is -2.16. The molecular weight excluding hydrogens is 368 g/mol. The highest BCUT2D eigenvalue weighted by Crippen LogP contribution is 2.28. The van der Waals surface area contributed by atoms with Crippen molar-refractivity contribution < 1.29 is 13.6 Å². The third-order valence-corrected chi connectivity index (χ3v) is 3.31. The molecule has 0 aliphatic heterocycles. The van der Waals surface area contributed by atoms with Gasteiger partial charge in [-0.2, -0.15) is 0 Å². The number of rotatable bonds is 3. The van der Waals surface area contributed by atoms with E-state index in [1.807, 2.05) is 0 Å². The number of anilines is 2. The van der Waals surface area contributed by atoms with Crippen molar-refractivity contribution in [2.45, 2.75) is 0 Å². The number of carbonyl (C=O) groups is 1. The lowest BCUT2D eigenvalue weighted by molar-refractivity contribution is 0.102. The van der Waals surface area contributed by atoms with Gasteiger partial charge < -0.3 is 10.6 Å². The lowest BCUT2D eigenvalue weighted by atomic mass is 10.2. The zero-order chi connectivity index (χ0) is 15.6. The maximum atomic E-state index is 13.7. The second-order valence-corrected chi connectivity index (χ2v) is 5.32. The van der Waals surface area contributed by atoms with Crippen molar-refractivity contribution in [3.8, 4) is 0 Å². The summed E-state index contributed by atoms with van der Waals surface area (Å²) in [6.45, 7) is 0. The highest BCUT2D eigenvalue weighted by molar-refractivity contribution is 9.10. The quantitative estimate of drug-likeness (QED) is 0.849. The Balaban J connectivity index is 2.37. The van der Waals surface area contributed by atoms with Crippen LogP contribution in [0.1, 0.15) is 10.4 Å². The van der Waals surface area contributed by atoms with Crippen molar-refractivity contribution in [2.75, 3.05) is 17.7 Å². The van der Waals surface area contributed by atoms with E-state index in [4.69, 9.17) is 11.6 Å². The molecule has 1 amide bonds. The molecule has 0 saturated carbocycles. The summed E-state index contributed by atoms with van der Waals surface area (Å²) in [4.78, 5) is 16.2. The summed E-state index contributed by atoms with van der Waals surface area (Å²) < 4.78 is 27.2. The summed E-state index contributed by atoms with van der Waals surface area (Å²) in [6, 6.07) is 3.07. The van der Waals surface area contributed by atoms with Crippen LogP contribution in [-0.4, -0.2) is 17.9 Å². The number of nitrogens with one attached hydrogen (secondary N) is 2. The molecule has 0 atom stereocenters. The first-order valence-corrected chi connectivity index (χ1v) is 6.88. The minimum absolute atomic E-state index is 0.187. The second-order valence-electron chi connectivity index (χ2n) is 4.00. The summed E-state index contributed by atoms with van der Waals surface area (Å²) in [5.41, 5.74) is -0.100. The number of benzene rings is 1. The largest absolute Gasteiger partial charge is 0.372 e. The number of hydrogen-bond donors (Lipinski definition) is 2. The number of amides is 1. The van der Waals surface area contributed by atoms with Gasteiger partial charge in [0, 0.05) is 23.8 Å². The predicted molar refractivity (Wildman–Crippen MR) is 80.8 cm³/mol. The molecule has 21 heavy (non-hydrogen) atoms. The van der Waals surface area contributed by atoms with E-state index in [1.54, 1.807) is 7.05 Å². The molecular formula is C13H9BrClF2N3O. The molecule has 110 valence electrons. The molecule has 2 rings (SSSR count). The molecule has 1 aromatic heterocycles. The number of carbonyl (C=O) groups excluding carboxylic acids is 1. The molecule has 1 aromatic carbocycles. The summed E-state index contributed by atoms with van der Waals surface area (Å²) in [7, 11) is 1.60. The molecule has 8 heteroatoms. The van der Waals surface area contributed by atoms with E-state index < -0.39 is 17.5 Å². The smallest absolute Gasteiger partial charge is 0.259 e. The van der Waals surface area contributed by atoms with Gasteiger partial charge in [0.1, 0.15) is 11.6 Å². The van der Waals surface area contributed by atoms with Crippen LogP contribution in [0.15, 0.2) is 28.9 Å². The highest BCUT2D eigenvalue weighted by atomic mass is 79.9. The van der Waals surface area contributed by atoms with E-state index in [0.717, 1.165) is 6.07 Å². The SMILES string of the molecule is CNc1ncc(Br)cc1C(=O)Nc1c(F)cc(F)cc1Cl. The fourth-order valence-corrected chi connectivity index (χ4v) is 2.23. The van der Waals surface area contributed by atoms with Crippen molar-refractivity contribution >= 4 is 44.9 Å². The Morgan fingerprint density at radius 3 is 2.67 bits per heavy atom. The second kappa shape index (κ2) is 6.36. The predicted octanol–water partition coefficient (Wildman–Crippen LogP) is 4.07. The lowest BCUT2D eigenvalue weighted by Gasteiger charge is -2.11. The van der Waals surface area contributed by atoms with Gasteiger partial charge in [0.25, 0.3) is 5.91 Å². The molecule has 0 aliphatic rings. The van der Waals surface area contributed by atoms with E-state index in [1.165, 1.54) is 12.3 Å². The van der Waals surface area contributed by atoms with Gasteiger partial charge in [-0.1, -0.05) is 11.6 Å². The van der Waals surface area contributed by atoms with Crippen LogP contribution in [0, 0.1) is 11.6 Å². The van der Waals surface area contributed by atoms with Gasteiger partial charge in [-0.05, 0) is 28.1 Å². The van der Waals surface area contributed by atoms with Crippen LogP contribution in [0.2, 0.25) is 5.02 Å². The van der Waals surface area contributed by atoms with Crippen LogP contribution in [0.3, 0.4) is 0 Å². The number of hydrogen-bond acceptors (Lipinski definition) is 3. The van der Waals surface area contributed by atoms with Crippen LogP contribution in [0.4, 0.5) is 20.3 Å². The van der Waals surface area contributed by atoms with Crippen LogP contribution < -0.4 is 10.6 Å². The number of halogens is 4. The molecule has 2 N–H and O–H groups in total. The standard InChI is InChI=1S/C13H9BrClF2N3O/c1-18-12-8(2-6(14)5-19-12)13(21)20-11-9(15)3-7(16)4-10(11)17/h2-5H,1H3,(H,18,19)(H,20,21). The van der Waals surface area contributed by atoms with E-state index in [0.29, 0.717) is 16.4 Å². The number of pyridine rings is 1. The number of nitrogens with zero attached hydrogens (tertiary/aromatic N) is 1. The monoisotopic (exact) mass is 375 g/mol. The Morgan fingerprint density at radius 1 is 1.33 bits per heavy atom. The Bertz CT molecular complexity index is 689. The Kier molecular flexibility index (Phi) is 4.74. The van der Waals surface area contributed by atoms with Crippen LogP contribution in [-0.2, 0) is 0 Å². The molecule has 0 saturated heterocycles. The van der Waals surface area contributed by atoms with E-state index in [9.17, 15) is 13.6 Å². The van der Waals surface area contributed by atoms with Gasteiger partial charge in [0.15, 0.2) is 5.82 Å². The first-order chi connectivity index (χ1) is 9.92. The number of aromatic nitrogens is 1. The molecule has 0 fully saturated rings. The zero-order valence-corrected chi connectivity index (χ0v) is 13.0. The van der Waals surface area contributed by atoms with Crippen molar-refractivity contribution in [3.63, 3.8) is 0 Å². The van der Waals surface area contributed by atoms with Crippen molar-refractivity contribution in [3.05, 3.63) is 51.1 Å². The van der Waals surface area contributed by atoms with E-state index in [2.05, 4.69) is 31.5 Å². The van der Waals surface area contributed by atoms with Gasteiger partial charge in [-0.15, -0.1) is 0 Å². The van der Waals surface area contributed by atoms with Gasteiger partial charge in [-0.3, -0.25) is 4.79 Å². The average molecular weight is 377 g/mol. The van der Waals surface area contributed by atoms with Gasteiger partial charge in [-0.25, -0.2) is 13.8 Å². The molecule has 4 nitrogen and oxygen atoms in total. The molecule has 0 spiro atoms. The maximum absolute atomic E-state index is 13.7. The first-order valence-electron chi connectivity index (χ1n) is 5.71. The Labute approximate surface area is 132 Å². The Hall–Kier alpha value is -1.73. The van der Waals surface area contributed by atoms with Crippen molar-refractivity contribution in [1.82, 2.24) is 4.98 Å². The highest BCUT2D eigenvalue weighted by Gasteiger charge is 2.17. The zero-order valence-electron chi connectivity index (χ0n) is 10.7. The Morgan fingerprint density at radius 2 is 2.05 bits per heavy atom. The van der Waals surface area contributed by atoms with Crippen LogP contribution in [0.25, 0.3) is 0 Å².